The van der Waals surface area contributed by atoms with E-state index in [1.54, 1.807) is 24.3 Å². The quantitative estimate of drug-likeness (QED) is 0.899. The smallest absolute Gasteiger partial charge is 0.251 e. The first-order valence-electron chi connectivity index (χ1n) is 6.07. The number of phenolic OH excluding ortho intramolecular Hbond substituents is 1. The van der Waals surface area contributed by atoms with Gasteiger partial charge in [-0.2, -0.15) is 0 Å². The Kier molecular flexibility index (Phi) is 4.74. The maximum atomic E-state index is 13.1. The minimum absolute atomic E-state index is 0.217. The van der Waals surface area contributed by atoms with Crippen molar-refractivity contribution in [1.82, 2.24) is 5.32 Å². The van der Waals surface area contributed by atoms with Crippen molar-refractivity contribution in [3.63, 3.8) is 0 Å². The zero-order valence-corrected chi connectivity index (χ0v) is 12.2. The van der Waals surface area contributed by atoms with E-state index >= 15 is 0 Å². The molecule has 104 valence electrons. The Morgan fingerprint density at radius 1 is 1.20 bits per heavy atom. The van der Waals surface area contributed by atoms with Gasteiger partial charge in [-0.1, -0.05) is 12.1 Å². The van der Waals surface area contributed by atoms with Gasteiger partial charge in [-0.3, -0.25) is 4.79 Å². The van der Waals surface area contributed by atoms with Crippen LogP contribution in [-0.4, -0.2) is 17.6 Å². The van der Waals surface area contributed by atoms with Crippen LogP contribution in [0.3, 0.4) is 0 Å². The van der Waals surface area contributed by atoms with E-state index in [0.717, 1.165) is 5.56 Å². The van der Waals surface area contributed by atoms with Gasteiger partial charge in [-0.15, -0.1) is 0 Å². The Hall–Kier alpha value is -1.88. The van der Waals surface area contributed by atoms with E-state index in [0.29, 0.717) is 18.5 Å². The number of benzene rings is 2. The van der Waals surface area contributed by atoms with Gasteiger partial charge in [0, 0.05) is 12.1 Å². The van der Waals surface area contributed by atoms with Gasteiger partial charge in [0.1, 0.15) is 11.6 Å². The van der Waals surface area contributed by atoms with Gasteiger partial charge in [0.25, 0.3) is 5.91 Å². The zero-order valence-electron chi connectivity index (χ0n) is 10.6. The highest BCUT2D eigenvalue weighted by atomic mass is 79.9. The Labute approximate surface area is 124 Å². The Balaban J connectivity index is 1.88. The Morgan fingerprint density at radius 2 is 1.90 bits per heavy atom. The van der Waals surface area contributed by atoms with Crippen LogP contribution in [0.4, 0.5) is 4.39 Å². The van der Waals surface area contributed by atoms with E-state index in [2.05, 4.69) is 21.2 Å². The van der Waals surface area contributed by atoms with Crippen LogP contribution in [0, 0.1) is 5.82 Å². The van der Waals surface area contributed by atoms with Crippen molar-refractivity contribution >= 4 is 21.8 Å². The molecular formula is C15H13BrFNO2. The fourth-order valence-corrected chi connectivity index (χ4v) is 2.10. The van der Waals surface area contributed by atoms with Crippen molar-refractivity contribution in [3.8, 4) is 5.75 Å². The number of amides is 1. The Morgan fingerprint density at radius 3 is 2.55 bits per heavy atom. The van der Waals surface area contributed by atoms with Crippen molar-refractivity contribution in [1.29, 1.82) is 0 Å². The third-order valence-corrected chi connectivity index (χ3v) is 3.43. The SMILES string of the molecule is O=C(NCCc1ccc(O)cc1)c1ccc(F)c(Br)c1. The molecule has 0 aliphatic carbocycles. The average Bonchev–Trinajstić information content (AvgIpc) is 2.44. The molecule has 3 nitrogen and oxygen atoms in total. The first-order chi connectivity index (χ1) is 9.56. The summed E-state index contributed by atoms with van der Waals surface area (Å²) < 4.78 is 13.3. The number of phenols is 1. The average molecular weight is 338 g/mol. The molecule has 0 unspecified atom stereocenters. The van der Waals surface area contributed by atoms with E-state index in [1.807, 2.05) is 0 Å². The third kappa shape index (κ3) is 3.81. The number of aromatic hydroxyl groups is 1. The van der Waals surface area contributed by atoms with Gasteiger partial charge in [0.15, 0.2) is 0 Å². The zero-order chi connectivity index (χ0) is 14.5. The van der Waals surface area contributed by atoms with Gasteiger partial charge in [-0.25, -0.2) is 4.39 Å². The molecule has 0 fully saturated rings. The largest absolute Gasteiger partial charge is 0.508 e. The van der Waals surface area contributed by atoms with Crippen LogP contribution >= 0.6 is 15.9 Å². The van der Waals surface area contributed by atoms with Gasteiger partial charge in [0.2, 0.25) is 0 Å². The lowest BCUT2D eigenvalue weighted by molar-refractivity contribution is 0.0954. The molecule has 0 heterocycles. The molecule has 0 saturated heterocycles. The second kappa shape index (κ2) is 6.52. The van der Waals surface area contributed by atoms with Crippen LogP contribution < -0.4 is 5.32 Å². The molecule has 20 heavy (non-hydrogen) atoms. The molecule has 0 aromatic heterocycles. The number of carbonyl (C=O) groups excluding carboxylic acids is 1. The molecule has 1 amide bonds. The van der Waals surface area contributed by atoms with E-state index in [9.17, 15) is 9.18 Å². The molecule has 5 heteroatoms. The topological polar surface area (TPSA) is 49.3 Å². The molecule has 0 saturated carbocycles. The second-order valence-electron chi connectivity index (χ2n) is 4.30. The second-order valence-corrected chi connectivity index (χ2v) is 5.16. The number of rotatable bonds is 4. The molecule has 0 bridgehead atoms. The van der Waals surface area contributed by atoms with E-state index < -0.39 is 5.82 Å². The van der Waals surface area contributed by atoms with Crippen LogP contribution in [0.15, 0.2) is 46.9 Å². The van der Waals surface area contributed by atoms with E-state index in [-0.39, 0.29) is 16.1 Å². The summed E-state index contributed by atoms with van der Waals surface area (Å²) in [7, 11) is 0. The number of hydrogen-bond donors (Lipinski definition) is 2. The highest BCUT2D eigenvalue weighted by Gasteiger charge is 2.07. The van der Waals surface area contributed by atoms with E-state index in [4.69, 9.17) is 5.11 Å². The molecular weight excluding hydrogens is 325 g/mol. The highest BCUT2D eigenvalue weighted by molar-refractivity contribution is 9.10. The minimum atomic E-state index is -0.398. The lowest BCUT2D eigenvalue weighted by atomic mass is 10.1. The standard InChI is InChI=1S/C15H13BrFNO2/c16-13-9-11(3-6-14(13)17)15(20)18-8-7-10-1-4-12(19)5-2-10/h1-6,9,19H,7-8H2,(H,18,20). The molecule has 0 radical (unpaired) electrons. The number of nitrogens with one attached hydrogen (secondary N) is 1. The van der Waals surface area contributed by atoms with Gasteiger partial charge < -0.3 is 10.4 Å². The van der Waals surface area contributed by atoms with Crippen LogP contribution in [0.25, 0.3) is 0 Å². The van der Waals surface area contributed by atoms with Crippen LogP contribution in [0.2, 0.25) is 0 Å². The molecule has 2 aromatic carbocycles. The number of hydrogen-bond acceptors (Lipinski definition) is 2. The molecule has 0 atom stereocenters. The number of carbonyl (C=O) groups is 1. The lowest BCUT2D eigenvalue weighted by Gasteiger charge is -2.06. The Bertz CT molecular complexity index is 614. The van der Waals surface area contributed by atoms with Crippen molar-refractivity contribution in [2.24, 2.45) is 0 Å². The molecule has 0 aliphatic rings. The molecule has 2 N–H and O–H groups in total. The van der Waals surface area contributed by atoms with Crippen LogP contribution in [-0.2, 0) is 6.42 Å². The molecule has 2 rings (SSSR count). The van der Waals surface area contributed by atoms with Crippen molar-refractivity contribution < 1.29 is 14.3 Å². The minimum Gasteiger partial charge on any atom is -0.508 e. The van der Waals surface area contributed by atoms with Gasteiger partial charge in [-0.05, 0) is 58.2 Å². The first kappa shape index (κ1) is 14.5. The van der Waals surface area contributed by atoms with Crippen LogP contribution in [0.5, 0.6) is 5.75 Å². The lowest BCUT2D eigenvalue weighted by Crippen LogP contribution is -2.25. The first-order valence-corrected chi connectivity index (χ1v) is 6.87. The summed E-state index contributed by atoms with van der Waals surface area (Å²) in [4.78, 5) is 11.9. The normalized spacial score (nSPS) is 10.3. The maximum absolute atomic E-state index is 13.1. The molecule has 2 aromatic rings. The summed E-state index contributed by atoms with van der Waals surface area (Å²) in [5.74, 6) is -0.427. The van der Waals surface area contributed by atoms with Crippen LogP contribution in [0.1, 0.15) is 15.9 Å². The highest BCUT2D eigenvalue weighted by Crippen LogP contribution is 2.16. The molecule has 0 spiro atoms. The predicted molar refractivity (Wildman–Crippen MR) is 78.2 cm³/mol. The summed E-state index contributed by atoms with van der Waals surface area (Å²) in [5.41, 5.74) is 1.42. The summed E-state index contributed by atoms with van der Waals surface area (Å²) in [5, 5.41) is 11.9. The fourth-order valence-electron chi connectivity index (χ4n) is 1.72. The van der Waals surface area contributed by atoms with Gasteiger partial charge >= 0.3 is 0 Å². The number of halogens is 2. The maximum Gasteiger partial charge on any atom is 0.251 e. The summed E-state index contributed by atoms with van der Waals surface area (Å²) in [6.45, 7) is 0.471. The predicted octanol–water partition coefficient (Wildman–Crippen LogP) is 3.27. The molecule has 0 aliphatic heterocycles. The van der Waals surface area contributed by atoms with Crippen molar-refractivity contribution in [2.75, 3.05) is 6.54 Å². The van der Waals surface area contributed by atoms with Gasteiger partial charge in [0.05, 0.1) is 4.47 Å². The van der Waals surface area contributed by atoms with E-state index in [1.165, 1.54) is 18.2 Å². The monoisotopic (exact) mass is 337 g/mol. The summed E-state index contributed by atoms with van der Waals surface area (Å²) in [6, 6.07) is 11.0. The van der Waals surface area contributed by atoms with Crippen molar-refractivity contribution in [3.05, 3.63) is 63.9 Å². The van der Waals surface area contributed by atoms with Crippen molar-refractivity contribution in [2.45, 2.75) is 6.42 Å². The fraction of sp³-hybridized carbons (Fsp3) is 0.133. The summed E-state index contributed by atoms with van der Waals surface area (Å²) in [6.07, 6.45) is 0.661. The third-order valence-electron chi connectivity index (χ3n) is 2.82. The summed E-state index contributed by atoms with van der Waals surface area (Å²) >= 11 is 3.05.